The van der Waals surface area contributed by atoms with Gasteiger partial charge in [0.05, 0.1) is 0 Å². The molecule has 0 aromatic carbocycles. The lowest BCUT2D eigenvalue weighted by Crippen LogP contribution is -2.48. The van der Waals surface area contributed by atoms with Crippen LogP contribution >= 0.6 is 11.8 Å². The van der Waals surface area contributed by atoms with Gasteiger partial charge in [-0.1, -0.05) is 34.9 Å². The number of thioether (sulfide) groups is 1. The summed E-state index contributed by atoms with van der Waals surface area (Å²) in [6.07, 6.45) is 11.2. The van der Waals surface area contributed by atoms with Gasteiger partial charge in [0, 0.05) is 24.6 Å². The minimum absolute atomic E-state index is 0.497. The summed E-state index contributed by atoms with van der Waals surface area (Å²) in [5.41, 5.74) is 4.18. The van der Waals surface area contributed by atoms with E-state index in [1.807, 2.05) is 13.8 Å². The number of carboxylic acids is 1. The molecule has 0 saturated heterocycles. The lowest BCUT2D eigenvalue weighted by atomic mass is 10.1. The van der Waals surface area contributed by atoms with Crippen molar-refractivity contribution in [3.05, 3.63) is 34.9 Å². The normalized spacial score (nSPS) is 13.8. The molecule has 0 heterocycles. The van der Waals surface area contributed by atoms with Gasteiger partial charge in [0.1, 0.15) is 6.04 Å². The van der Waals surface area contributed by atoms with Crippen LogP contribution in [0.3, 0.4) is 0 Å². The fourth-order valence-corrected chi connectivity index (χ4v) is 3.54. The number of carbonyl (C=O) groups is 1. The summed E-state index contributed by atoms with van der Waals surface area (Å²) in [7, 11) is 0. The summed E-state index contributed by atoms with van der Waals surface area (Å²) in [6.45, 7) is 13.8. The van der Waals surface area contributed by atoms with Gasteiger partial charge in [-0.25, -0.2) is 4.79 Å². The maximum atomic E-state index is 11.5. The van der Waals surface area contributed by atoms with Crippen LogP contribution in [0.5, 0.6) is 0 Å². The first kappa shape index (κ1) is 27.3. The van der Waals surface area contributed by atoms with Crippen molar-refractivity contribution in [3.63, 3.8) is 0 Å². The van der Waals surface area contributed by atoms with Crippen LogP contribution in [0.4, 0.5) is 0 Å². The van der Waals surface area contributed by atoms with Crippen LogP contribution in [-0.2, 0) is 4.79 Å². The van der Waals surface area contributed by atoms with E-state index in [1.165, 1.54) is 16.7 Å². The molecule has 0 bridgehead atoms. The Balaban J connectivity index is 4.31. The van der Waals surface area contributed by atoms with Crippen molar-refractivity contribution in [3.8, 4) is 0 Å². The highest BCUT2D eigenvalue weighted by atomic mass is 32.2. The molecule has 29 heavy (non-hydrogen) atoms. The Bertz CT molecular complexity index is 591. The number of carboxylic acid groups (broad SMARTS) is 1. The van der Waals surface area contributed by atoms with Gasteiger partial charge in [-0.15, -0.1) is 0 Å². The standard InChI is InChI=1S/C23H41N3O2S/c1-7-24-23(25-8-2)26-21(22(27)28)17-29-16-15-20(6)14-10-13-19(5)12-9-11-18(3)4/h11,13,15,21H,7-10,12,14,16-17H2,1-6H3,(H,27,28)(H2,24,25,26)/t21-/m0/s1. The zero-order chi connectivity index (χ0) is 22.1. The second-order valence-electron chi connectivity index (χ2n) is 7.39. The van der Waals surface area contributed by atoms with Crippen LogP contribution < -0.4 is 10.6 Å². The SMILES string of the molecule is CCN=C(NCC)N[C@@H](CSCC=C(C)CCC=C(C)CCC=C(C)C)C(=O)O. The zero-order valence-electron chi connectivity index (χ0n) is 19.2. The first-order chi connectivity index (χ1) is 13.8. The van der Waals surface area contributed by atoms with E-state index in [0.717, 1.165) is 31.4 Å². The molecule has 5 nitrogen and oxygen atoms in total. The van der Waals surface area contributed by atoms with E-state index in [1.54, 1.807) is 11.8 Å². The topological polar surface area (TPSA) is 73.7 Å². The highest BCUT2D eigenvalue weighted by molar-refractivity contribution is 7.99. The Morgan fingerprint density at radius 2 is 1.66 bits per heavy atom. The molecular formula is C23H41N3O2S. The minimum Gasteiger partial charge on any atom is -0.480 e. The molecule has 1 atom stereocenters. The van der Waals surface area contributed by atoms with Crippen molar-refractivity contribution in [1.82, 2.24) is 10.6 Å². The lowest BCUT2D eigenvalue weighted by Gasteiger charge is -2.17. The predicted molar refractivity (Wildman–Crippen MR) is 129 cm³/mol. The molecule has 0 aromatic rings. The number of hydrogen-bond donors (Lipinski definition) is 3. The molecule has 0 fully saturated rings. The monoisotopic (exact) mass is 423 g/mol. The molecule has 0 saturated carbocycles. The summed E-state index contributed by atoms with van der Waals surface area (Å²) in [6, 6.07) is -0.649. The van der Waals surface area contributed by atoms with Crippen molar-refractivity contribution in [2.45, 2.75) is 73.3 Å². The summed E-state index contributed by atoms with van der Waals surface area (Å²) in [4.78, 5) is 15.8. The van der Waals surface area contributed by atoms with Crippen LogP contribution in [0.15, 0.2) is 39.9 Å². The van der Waals surface area contributed by atoms with Crippen LogP contribution in [0.1, 0.15) is 67.2 Å². The van der Waals surface area contributed by atoms with Gasteiger partial charge in [0.25, 0.3) is 0 Å². The highest BCUT2D eigenvalue weighted by Gasteiger charge is 2.18. The molecule has 0 amide bonds. The van der Waals surface area contributed by atoms with Gasteiger partial charge in [0.2, 0.25) is 0 Å². The summed E-state index contributed by atoms with van der Waals surface area (Å²) in [5, 5.41) is 15.5. The third kappa shape index (κ3) is 15.9. The fraction of sp³-hybridized carbons (Fsp3) is 0.652. The quantitative estimate of drug-likeness (QED) is 0.156. The number of hydrogen-bond acceptors (Lipinski definition) is 3. The van der Waals surface area contributed by atoms with E-state index < -0.39 is 12.0 Å². The number of guanidine groups is 1. The van der Waals surface area contributed by atoms with Gasteiger partial charge in [-0.2, -0.15) is 11.8 Å². The van der Waals surface area contributed by atoms with E-state index in [4.69, 9.17) is 0 Å². The molecule has 166 valence electrons. The molecule has 3 N–H and O–H groups in total. The number of nitrogens with zero attached hydrogens (tertiary/aromatic N) is 1. The van der Waals surface area contributed by atoms with Crippen molar-refractivity contribution in [1.29, 1.82) is 0 Å². The minimum atomic E-state index is -0.853. The zero-order valence-corrected chi connectivity index (χ0v) is 20.0. The van der Waals surface area contributed by atoms with Crippen molar-refractivity contribution in [2.24, 2.45) is 4.99 Å². The molecular weight excluding hydrogens is 382 g/mol. The van der Waals surface area contributed by atoms with Gasteiger partial charge in [-0.05, 0) is 67.2 Å². The predicted octanol–water partition coefficient (Wildman–Crippen LogP) is 5.17. The molecule has 0 aromatic heterocycles. The van der Waals surface area contributed by atoms with Gasteiger partial charge in [0.15, 0.2) is 5.96 Å². The average Bonchev–Trinajstić information content (AvgIpc) is 2.64. The molecule has 0 spiro atoms. The lowest BCUT2D eigenvalue weighted by molar-refractivity contribution is -0.138. The average molecular weight is 424 g/mol. The number of allylic oxidation sites excluding steroid dienone is 5. The summed E-state index contributed by atoms with van der Waals surface area (Å²) >= 11 is 1.63. The smallest absolute Gasteiger partial charge is 0.327 e. The fourth-order valence-electron chi connectivity index (χ4n) is 2.54. The molecule has 6 heteroatoms. The van der Waals surface area contributed by atoms with Crippen molar-refractivity contribution >= 4 is 23.7 Å². The van der Waals surface area contributed by atoms with Crippen molar-refractivity contribution < 1.29 is 9.90 Å². The first-order valence-electron chi connectivity index (χ1n) is 10.6. The molecule has 0 unspecified atom stereocenters. The third-order valence-electron chi connectivity index (χ3n) is 4.23. The van der Waals surface area contributed by atoms with Gasteiger partial charge >= 0.3 is 5.97 Å². The van der Waals surface area contributed by atoms with Crippen LogP contribution in [0.2, 0.25) is 0 Å². The maximum absolute atomic E-state index is 11.5. The molecule has 0 radical (unpaired) electrons. The third-order valence-corrected chi connectivity index (χ3v) is 5.20. The van der Waals surface area contributed by atoms with E-state index in [9.17, 15) is 9.90 Å². The van der Waals surface area contributed by atoms with Crippen molar-refractivity contribution in [2.75, 3.05) is 24.6 Å². The second kappa shape index (κ2) is 17.2. The number of nitrogens with one attached hydrogen (secondary N) is 2. The van der Waals surface area contributed by atoms with Crippen LogP contribution in [-0.4, -0.2) is 47.7 Å². The summed E-state index contributed by atoms with van der Waals surface area (Å²) in [5.74, 6) is 1.02. The van der Waals surface area contributed by atoms with E-state index >= 15 is 0 Å². The molecule has 0 rings (SSSR count). The molecule has 0 aliphatic heterocycles. The number of aliphatic imine (C=N–C) groups is 1. The van der Waals surface area contributed by atoms with Crippen LogP contribution in [0.25, 0.3) is 0 Å². The largest absolute Gasteiger partial charge is 0.480 e. The maximum Gasteiger partial charge on any atom is 0.327 e. The molecule has 0 aliphatic rings. The van der Waals surface area contributed by atoms with E-state index in [2.05, 4.69) is 61.5 Å². The number of aliphatic carboxylic acids is 1. The Kier molecular flexibility index (Phi) is 16.2. The van der Waals surface area contributed by atoms with Crippen LogP contribution in [0, 0.1) is 0 Å². The Morgan fingerprint density at radius 1 is 1.03 bits per heavy atom. The summed E-state index contributed by atoms with van der Waals surface area (Å²) < 4.78 is 0. The first-order valence-corrected chi connectivity index (χ1v) is 11.8. The molecule has 0 aliphatic carbocycles. The Labute approximate surface area is 182 Å². The second-order valence-corrected chi connectivity index (χ2v) is 8.46. The van der Waals surface area contributed by atoms with E-state index in [0.29, 0.717) is 24.8 Å². The van der Waals surface area contributed by atoms with Gasteiger partial charge in [-0.3, -0.25) is 4.99 Å². The number of rotatable bonds is 14. The van der Waals surface area contributed by atoms with E-state index in [-0.39, 0.29) is 0 Å². The Hall–Kier alpha value is -1.69. The Morgan fingerprint density at radius 3 is 2.21 bits per heavy atom. The highest BCUT2D eigenvalue weighted by Crippen LogP contribution is 2.13. The van der Waals surface area contributed by atoms with Gasteiger partial charge < -0.3 is 15.7 Å².